The second kappa shape index (κ2) is 2.02. The predicted octanol–water partition coefficient (Wildman–Crippen LogP) is 0.389. The van der Waals surface area contributed by atoms with E-state index in [2.05, 4.69) is 22.9 Å². The highest BCUT2D eigenvalue weighted by molar-refractivity contribution is 7.84. The van der Waals surface area contributed by atoms with Gasteiger partial charge in [0.15, 0.2) is 0 Å². The van der Waals surface area contributed by atoms with E-state index in [0.29, 0.717) is 0 Å². The van der Waals surface area contributed by atoms with Crippen LogP contribution in [0.3, 0.4) is 0 Å². The Labute approximate surface area is 47.7 Å². The average Bonchev–Trinajstić information content (AvgIpc) is 1.69. The van der Waals surface area contributed by atoms with Crippen LogP contribution in [0.2, 0.25) is 0 Å². The number of hydrogen-bond donors (Lipinski definition) is 2. The lowest BCUT2D eigenvalue weighted by molar-refractivity contribution is 1.04. The number of hydrogen-bond acceptors (Lipinski definition) is 3. The molecule has 0 spiro atoms. The van der Waals surface area contributed by atoms with Gasteiger partial charge in [0.25, 0.3) is 0 Å². The third-order valence-electron chi connectivity index (χ3n) is 0.691. The first-order valence-electron chi connectivity index (χ1n) is 2.04. The van der Waals surface area contributed by atoms with Crippen LogP contribution in [-0.4, -0.2) is 12.9 Å². The van der Waals surface area contributed by atoms with Gasteiger partial charge in [-0.3, -0.25) is 0 Å². The van der Waals surface area contributed by atoms with Crippen molar-refractivity contribution in [2.75, 3.05) is 6.54 Å². The van der Waals surface area contributed by atoms with Gasteiger partial charge in [0.2, 0.25) is 0 Å². The Bertz CT molecular complexity index is 117. The van der Waals surface area contributed by atoms with Gasteiger partial charge in [-0.05, 0) is 6.08 Å². The van der Waals surface area contributed by atoms with E-state index >= 15 is 0 Å². The Morgan fingerprint density at radius 2 is 2.71 bits per heavy atom. The lowest BCUT2D eigenvalue weighted by Gasteiger charge is -1.99. The number of nitrogens with zero attached hydrogens (tertiary/aromatic N) is 1. The van der Waals surface area contributed by atoms with Gasteiger partial charge < -0.3 is 5.32 Å². The average molecular weight is 114 g/mol. The molecule has 0 unspecified atom stereocenters. The quantitative estimate of drug-likeness (QED) is 0.437. The summed E-state index contributed by atoms with van der Waals surface area (Å²) < 4.78 is 0. The maximum Gasteiger partial charge on any atom is 0.0924 e. The van der Waals surface area contributed by atoms with Gasteiger partial charge in [-0.1, -0.05) is 0 Å². The molecule has 2 nitrogen and oxygen atoms in total. The zero-order valence-corrected chi connectivity index (χ0v) is 4.65. The van der Waals surface area contributed by atoms with Gasteiger partial charge in [-0.2, -0.15) is 0 Å². The zero-order valence-electron chi connectivity index (χ0n) is 3.76. The molecule has 38 valence electrons. The number of thiol groups is 1. The van der Waals surface area contributed by atoms with Gasteiger partial charge in [0, 0.05) is 6.54 Å². The minimum absolute atomic E-state index is 0.791. The van der Waals surface area contributed by atoms with Crippen molar-refractivity contribution in [3.63, 3.8) is 0 Å². The summed E-state index contributed by atoms with van der Waals surface area (Å²) >= 11 is 3.98. The summed E-state index contributed by atoms with van der Waals surface area (Å²) in [4.78, 5) is 3.82. The second-order valence-electron chi connectivity index (χ2n) is 1.23. The highest BCUT2D eigenvalue weighted by Crippen LogP contribution is 2.00. The van der Waals surface area contributed by atoms with E-state index in [9.17, 15) is 0 Å². The van der Waals surface area contributed by atoms with Crippen LogP contribution in [0.5, 0.6) is 0 Å². The maximum absolute atomic E-state index is 3.98. The van der Waals surface area contributed by atoms with E-state index in [1.165, 1.54) is 0 Å². The summed E-state index contributed by atoms with van der Waals surface area (Å²) in [6, 6.07) is 0. The lowest BCUT2D eigenvalue weighted by atomic mass is 10.6. The van der Waals surface area contributed by atoms with Gasteiger partial charge in [0.1, 0.15) is 0 Å². The van der Waals surface area contributed by atoms with Crippen molar-refractivity contribution >= 4 is 19.0 Å². The van der Waals surface area contributed by atoms with Crippen molar-refractivity contribution in [3.05, 3.63) is 11.1 Å². The van der Waals surface area contributed by atoms with Crippen molar-refractivity contribution in [2.45, 2.75) is 0 Å². The fourth-order valence-electron chi connectivity index (χ4n) is 0.367. The molecule has 0 saturated heterocycles. The van der Waals surface area contributed by atoms with Crippen LogP contribution in [0.1, 0.15) is 0 Å². The molecule has 1 aliphatic rings. The Balaban J connectivity index is 2.58. The van der Waals surface area contributed by atoms with Gasteiger partial charge in [-0.15, -0.1) is 12.6 Å². The molecule has 0 atom stereocenters. The van der Waals surface area contributed by atoms with E-state index in [4.69, 9.17) is 0 Å². The van der Waals surface area contributed by atoms with Gasteiger partial charge in [-0.25, -0.2) is 4.99 Å². The molecule has 0 aliphatic carbocycles. The number of rotatable bonds is 0. The highest BCUT2D eigenvalue weighted by Gasteiger charge is 1.86. The van der Waals surface area contributed by atoms with Crippen LogP contribution in [-0.2, 0) is 0 Å². The van der Waals surface area contributed by atoms with E-state index in [1.54, 1.807) is 6.34 Å². The Morgan fingerprint density at radius 3 is 3.00 bits per heavy atom. The number of aliphatic imine (C=N–C) groups is 1. The second-order valence-corrected chi connectivity index (χ2v) is 1.69. The fourth-order valence-corrected chi connectivity index (χ4v) is 0.516. The molecule has 1 aliphatic heterocycles. The van der Waals surface area contributed by atoms with E-state index in [-0.39, 0.29) is 0 Å². The van der Waals surface area contributed by atoms with Crippen LogP contribution in [0.4, 0.5) is 0 Å². The summed E-state index contributed by atoms with van der Waals surface area (Å²) in [5.41, 5.74) is 0. The molecule has 1 rings (SSSR count). The first kappa shape index (κ1) is 4.71. The van der Waals surface area contributed by atoms with Crippen LogP contribution in [0.15, 0.2) is 16.1 Å². The molecular formula is C4H6N2S. The van der Waals surface area contributed by atoms with Crippen molar-refractivity contribution in [1.29, 1.82) is 0 Å². The molecule has 0 aromatic heterocycles. The summed E-state index contributed by atoms with van der Waals surface area (Å²) in [7, 11) is 0. The van der Waals surface area contributed by atoms with Crippen LogP contribution in [0.25, 0.3) is 0 Å². The van der Waals surface area contributed by atoms with E-state index in [0.717, 1.165) is 11.6 Å². The Morgan fingerprint density at radius 1 is 1.86 bits per heavy atom. The molecule has 7 heavy (non-hydrogen) atoms. The molecule has 0 bridgehead atoms. The van der Waals surface area contributed by atoms with Crippen molar-refractivity contribution in [2.24, 2.45) is 4.99 Å². The standard InChI is InChI=1S/C4H6N2S/c7-4-1-2-5-3-6-4/h1,3,7H,2H2,(H,5,6). The fraction of sp³-hybridized carbons (Fsp3) is 0.250. The third kappa shape index (κ3) is 1.23. The van der Waals surface area contributed by atoms with Crippen molar-refractivity contribution < 1.29 is 0 Å². The largest absolute Gasteiger partial charge is 0.372 e. The first-order valence-corrected chi connectivity index (χ1v) is 2.49. The maximum atomic E-state index is 3.98. The smallest absolute Gasteiger partial charge is 0.0924 e. The molecule has 0 amide bonds. The lowest BCUT2D eigenvalue weighted by Crippen LogP contribution is -2.13. The zero-order chi connectivity index (χ0) is 5.11. The Hall–Kier alpha value is -0.440. The molecule has 0 saturated carbocycles. The molecule has 0 aromatic carbocycles. The summed E-state index contributed by atoms with van der Waals surface area (Å²) in [5, 5.41) is 3.69. The molecule has 1 N–H and O–H groups in total. The topological polar surface area (TPSA) is 24.4 Å². The van der Waals surface area contributed by atoms with Gasteiger partial charge >= 0.3 is 0 Å². The predicted molar refractivity (Wildman–Crippen MR) is 33.6 cm³/mol. The van der Waals surface area contributed by atoms with Crippen LogP contribution in [0, 0.1) is 0 Å². The van der Waals surface area contributed by atoms with E-state index < -0.39 is 0 Å². The summed E-state index contributed by atoms with van der Waals surface area (Å²) in [6.07, 6.45) is 3.55. The molecule has 3 heteroatoms. The SMILES string of the molecule is SC1=CCNC=N1. The van der Waals surface area contributed by atoms with Crippen LogP contribution < -0.4 is 5.32 Å². The molecular weight excluding hydrogens is 108 g/mol. The normalized spacial score (nSPS) is 18.1. The molecule has 0 aromatic rings. The minimum Gasteiger partial charge on any atom is -0.372 e. The van der Waals surface area contributed by atoms with Crippen molar-refractivity contribution in [3.8, 4) is 0 Å². The minimum atomic E-state index is 0.791. The number of nitrogens with one attached hydrogen (secondary N) is 1. The molecule has 1 heterocycles. The monoisotopic (exact) mass is 114 g/mol. The van der Waals surface area contributed by atoms with Crippen molar-refractivity contribution in [1.82, 2.24) is 5.32 Å². The summed E-state index contributed by atoms with van der Waals surface area (Å²) in [6.45, 7) is 0.850. The first-order chi connectivity index (χ1) is 3.39. The van der Waals surface area contributed by atoms with E-state index in [1.807, 2.05) is 6.08 Å². The highest BCUT2D eigenvalue weighted by atomic mass is 32.1. The van der Waals surface area contributed by atoms with Crippen LogP contribution >= 0.6 is 12.6 Å². The summed E-state index contributed by atoms with van der Waals surface area (Å²) in [5.74, 6) is 0. The third-order valence-corrected chi connectivity index (χ3v) is 0.989. The molecule has 0 radical (unpaired) electrons. The van der Waals surface area contributed by atoms with Gasteiger partial charge in [0.05, 0.1) is 11.4 Å². The Kier molecular flexibility index (Phi) is 1.36. The molecule has 0 fully saturated rings.